The van der Waals surface area contributed by atoms with Crippen LogP contribution < -0.4 is 0 Å². The maximum Gasteiger partial charge on any atom is 0.328 e. The van der Waals surface area contributed by atoms with E-state index < -0.39 is 11.9 Å². The van der Waals surface area contributed by atoms with E-state index in [2.05, 4.69) is 28.3 Å². The van der Waals surface area contributed by atoms with Crippen LogP contribution in [0.3, 0.4) is 0 Å². The summed E-state index contributed by atoms with van der Waals surface area (Å²) in [4.78, 5) is 27.6. The average Bonchev–Trinajstić information content (AvgIpc) is 3.01. The van der Waals surface area contributed by atoms with Crippen LogP contribution >= 0.6 is 11.3 Å². The number of aryl methyl sites for hydroxylation is 1. The number of hydrogen-bond acceptors (Lipinski definition) is 4. The van der Waals surface area contributed by atoms with Crippen LogP contribution in [0, 0.1) is 6.92 Å². The first-order valence-electron chi connectivity index (χ1n) is 5.63. The Morgan fingerprint density at radius 2 is 2.00 bits per heavy atom. The summed E-state index contributed by atoms with van der Waals surface area (Å²) in [5.74, 6) is -2.51. The van der Waals surface area contributed by atoms with Crippen LogP contribution in [0.4, 0.5) is 0 Å². The van der Waals surface area contributed by atoms with E-state index in [0.717, 1.165) is 12.1 Å². The van der Waals surface area contributed by atoms with Crippen LogP contribution in [-0.2, 0) is 16.0 Å². The quantitative estimate of drug-likeness (QED) is 0.749. The summed E-state index contributed by atoms with van der Waals surface area (Å²) in [6, 6.07) is 2.16. The molecule has 2 aromatic heterocycles. The largest absolute Gasteiger partial charge is 0.478 e. The van der Waals surface area contributed by atoms with Crippen LogP contribution in [0.5, 0.6) is 0 Å². The second-order valence-corrected chi connectivity index (χ2v) is 4.87. The third kappa shape index (κ3) is 5.96. The first-order valence-corrected chi connectivity index (χ1v) is 6.51. The average molecular weight is 294 g/mol. The molecule has 2 rings (SSSR count). The lowest BCUT2D eigenvalue weighted by molar-refractivity contribution is -0.134. The summed E-state index contributed by atoms with van der Waals surface area (Å²) in [5.41, 5.74) is 2.49. The predicted octanol–water partition coefficient (Wildman–Crippen LogP) is 2.08. The molecular formula is C13H14N2O4S. The van der Waals surface area contributed by atoms with Crippen molar-refractivity contribution in [3.8, 4) is 0 Å². The first kappa shape index (κ1) is 15.6. The number of imidazole rings is 1. The molecule has 0 amide bonds. The van der Waals surface area contributed by atoms with Crippen molar-refractivity contribution < 1.29 is 19.8 Å². The van der Waals surface area contributed by atoms with E-state index >= 15 is 0 Å². The fourth-order valence-corrected chi connectivity index (χ4v) is 2.05. The Morgan fingerprint density at radius 1 is 1.35 bits per heavy atom. The highest BCUT2D eigenvalue weighted by atomic mass is 32.1. The molecular weight excluding hydrogens is 280 g/mol. The molecule has 0 aromatic carbocycles. The van der Waals surface area contributed by atoms with Crippen LogP contribution in [0.2, 0.25) is 0 Å². The molecule has 0 spiro atoms. The third-order valence-electron chi connectivity index (χ3n) is 2.26. The second kappa shape index (κ2) is 7.90. The van der Waals surface area contributed by atoms with Crippen LogP contribution in [0.15, 0.2) is 36.1 Å². The number of carboxylic acid groups (broad SMARTS) is 2. The van der Waals surface area contributed by atoms with Crippen LogP contribution in [0.25, 0.3) is 0 Å². The van der Waals surface area contributed by atoms with Crippen molar-refractivity contribution in [1.82, 2.24) is 9.97 Å². The number of carbonyl (C=O) groups is 2. The van der Waals surface area contributed by atoms with Crippen molar-refractivity contribution in [3.63, 3.8) is 0 Å². The van der Waals surface area contributed by atoms with Crippen LogP contribution in [-0.4, -0.2) is 32.1 Å². The Labute approximate surface area is 119 Å². The summed E-state index contributed by atoms with van der Waals surface area (Å²) in [6.45, 7) is 2.15. The zero-order valence-electron chi connectivity index (χ0n) is 10.7. The van der Waals surface area contributed by atoms with Crippen molar-refractivity contribution in [2.24, 2.45) is 0 Å². The lowest BCUT2D eigenvalue weighted by Gasteiger charge is -1.94. The fraction of sp³-hybridized carbons (Fsp3) is 0.154. The van der Waals surface area contributed by atoms with Gasteiger partial charge >= 0.3 is 11.9 Å². The Hall–Kier alpha value is -2.41. The molecule has 6 nitrogen and oxygen atoms in total. The standard InChI is InChI=1S/C9H10N2S.C4H4O4/c1-7-8(2-3-12-7)4-9-5-10-6-11-9;5-3(6)1-2-4(7)8/h2-3,5-6H,4H2,1H3,(H,10,11);1-2H,(H,5,6)(H,7,8). The van der Waals surface area contributed by atoms with Crippen molar-refractivity contribution in [1.29, 1.82) is 0 Å². The molecule has 20 heavy (non-hydrogen) atoms. The highest BCUT2D eigenvalue weighted by Gasteiger charge is 2.01. The highest BCUT2D eigenvalue weighted by molar-refractivity contribution is 7.10. The van der Waals surface area contributed by atoms with E-state index in [1.165, 1.54) is 10.4 Å². The summed E-state index contributed by atoms with van der Waals surface area (Å²) >= 11 is 1.79. The van der Waals surface area contributed by atoms with E-state index in [1.54, 1.807) is 17.7 Å². The van der Waals surface area contributed by atoms with Crippen molar-refractivity contribution in [3.05, 3.63) is 52.3 Å². The molecule has 0 bridgehead atoms. The van der Waals surface area contributed by atoms with E-state index in [4.69, 9.17) is 10.2 Å². The first-order chi connectivity index (χ1) is 9.49. The molecule has 0 aliphatic rings. The predicted molar refractivity (Wildman–Crippen MR) is 74.9 cm³/mol. The van der Waals surface area contributed by atoms with E-state index in [1.807, 2.05) is 6.20 Å². The van der Waals surface area contributed by atoms with Gasteiger partial charge in [-0.2, -0.15) is 0 Å². The molecule has 0 saturated carbocycles. The number of rotatable bonds is 4. The fourth-order valence-electron chi connectivity index (χ4n) is 1.32. The minimum absolute atomic E-state index is 0.558. The molecule has 0 radical (unpaired) electrons. The van der Waals surface area contributed by atoms with Crippen molar-refractivity contribution in [2.75, 3.05) is 0 Å². The van der Waals surface area contributed by atoms with Gasteiger partial charge in [-0.1, -0.05) is 0 Å². The zero-order valence-corrected chi connectivity index (χ0v) is 11.6. The summed E-state index contributed by atoms with van der Waals surface area (Å²) in [5, 5.41) is 17.7. The van der Waals surface area contributed by atoms with Gasteiger partial charge in [-0.25, -0.2) is 14.6 Å². The number of nitrogens with zero attached hydrogens (tertiary/aromatic N) is 1. The van der Waals surface area contributed by atoms with E-state index in [9.17, 15) is 9.59 Å². The lowest BCUT2D eigenvalue weighted by atomic mass is 10.1. The third-order valence-corrected chi connectivity index (χ3v) is 3.15. The molecule has 0 atom stereocenters. The van der Waals surface area contributed by atoms with Gasteiger partial charge < -0.3 is 15.2 Å². The zero-order chi connectivity index (χ0) is 15.0. The summed E-state index contributed by atoms with van der Waals surface area (Å²) in [7, 11) is 0. The number of hydrogen-bond donors (Lipinski definition) is 3. The molecule has 7 heteroatoms. The van der Waals surface area contributed by atoms with Crippen LogP contribution in [0.1, 0.15) is 16.1 Å². The maximum atomic E-state index is 9.55. The Morgan fingerprint density at radius 3 is 2.40 bits per heavy atom. The molecule has 2 heterocycles. The van der Waals surface area contributed by atoms with Gasteiger partial charge in [0.15, 0.2) is 0 Å². The van der Waals surface area contributed by atoms with Gasteiger partial charge in [0, 0.05) is 29.6 Å². The van der Waals surface area contributed by atoms with Gasteiger partial charge in [-0.15, -0.1) is 11.3 Å². The number of aromatic amines is 1. The van der Waals surface area contributed by atoms with Gasteiger partial charge in [-0.05, 0) is 23.9 Å². The number of aromatic nitrogens is 2. The van der Waals surface area contributed by atoms with Crippen molar-refractivity contribution in [2.45, 2.75) is 13.3 Å². The van der Waals surface area contributed by atoms with Crippen molar-refractivity contribution >= 4 is 23.3 Å². The van der Waals surface area contributed by atoms with Gasteiger partial charge in [-0.3, -0.25) is 0 Å². The molecule has 3 N–H and O–H groups in total. The second-order valence-electron chi connectivity index (χ2n) is 3.75. The topological polar surface area (TPSA) is 103 Å². The summed E-state index contributed by atoms with van der Waals surface area (Å²) < 4.78 is 0. The highest BCUT2D eigenvalue weighted by Crippen LogP contribution is 2.17. The molecule has 0 aliphatic heterocycles. The number of H-pyrrole nitrogens is 1. The number of thiophene rings is 1. The normalized spacial score (nSPS) is 10.1. The smallest absolute Gasteiger partial charge is 0.328 e. The molecule has 0 aliphatic carbocycles. The monoisotopic (exact) mass is 294 g/mol. The Kier molecular flexibility index (Phi) is 6.18. The number of aliphatic carboxylic acids is 2. The molecule has 0 fully saturated rings. The van der Waals surface area contributed by atoms with Gasteiger partial charge in [0.2, 0.25) is 0 Å². The molecule has 0 unspecified atom stereocenters. The van der Waals surface area contributed by atoms with E-state index in [-0.39, 0.29) is 0 Å². The van der Waals surface area contributed by atoms with Gasteiger partial charge in [0.25, 0.3) is 0 Å². The minimum Gasteiger partial charge on any atom is -0.478 e. The maximum absolute atomic E-state index is 9.55. The van der Waals surface area contributed by atoms with Gasteiger partial charge in [0.05, 0.1) is 12.0 Å². The van der Waals surface area contributed by atoms with Gasteiger partial charge in [0.1, 0.15) is 0 Å². The summed E-state index contributed by atoms with van der Waals surface area (Å²) in [6.07, 6.45) is 5.72. The molecule has 0 saturated heterocycles. The SMILES string of the molecule is Cc1sccc1Cc1c[nH]cn1.O=C(O)C=CC(=O)O. The minimum atomic E-state index is -1.26. The van der Waals surface area contributed by atoms with E-state index in [0.29, 0.717) is 12.2 Å². The molecule has 2 aromatic rings. The molecule has 106 valence electrons. The Balaban J connectivity index is 0.000000221. The lowest BCUT2D eigenvalue weighted by Crippen LogP contribution is -1.91. The number of carboxylic acids is 2. The number of nitrogens with one attached hydrogen (secondary N) is 1. The Bertz CT molecular complexity index is 571.